The normalized spacial score (nSPS) is 19.1. The largest absolute Gasteiger partial charge is 0.508 e. The highest BCUT2D eigenvalue weighted by Gasteiger charge is 2.24. The van der Waals surface area contributed by atoms with Gasteiger partial charge in [-0.3, -0.25) is 9.59 Å². The molecular weight excluding hydrogens is 304 g/mol. The minimum Gasteiger partial charge on any atom is -0.508 e. The van der Waals surface area contributed by atoms with E-state index in [4.69, 9.17) is 0 Å². The molecule has 0 unspecified atom stereocenters. The molecule has 2 heterocycles. The Morgan fingerprint density at radius 1 is 1.21 bits per heavy atom. The molecule has 0 radical (unpaired) electrons. The van der Waals surface area contributed by atoms with Gasteiger partial charge >= 0.3 is 0 Å². The summed E-state index contributed by atoms with van der Waals surface area (Å²) in [6.45, 7) is 3.12. The number of hydrogen-bond donors (Lipinski definition) is 1. The topological polar surface area (TPSA) is 60.9 Å². The number of benzene rings is 1. The van der Waals surface area contributed by atoms with E-state index in [2.05, 4.69) is 6.07 Å². The van der Waals surface area contributed by atoms with Gasteiger partial charge in [-0.1, -0.05) is 12.1 Å². The van der Waals surface area contributed by atoms with E-state index in [1.807, 2.05) is 21.9 Å². The SMILES string of the molecule is O=C1CCCN1CCCC(=O)N1CCC(c2cccc(O)c2)CC1. The Morgan fingerprint density at radius 3 is 2.67 bits per heavy atom. The molecule has 2 amide bonds. The molecular formula is C19H26N2O3. The van der Waals surface area contributed by atoms with Gasteiger partial charge in [-0.2, -0.15) is 0 Å². The van der Waals surface area contributed by atoms with Crippen LogP contribution in [0.3, 0.4) is 0 Å². The lowest BCUT2D eigenvalue weighted by molar-refractivity contribution is -0.133. The van der Waals surface area contributed by atoms with Crippen molar-refractivity contribution in [3.63, 3.8) is 0 Å². The molecule has 2 aliphatic rings. The van der Waals surface area contributed by atoms with Gasteiger partial charge < -0.3 is 14.9 Å². The molecule has 3 rings (SSSR count). The molecule has 1 aromatic carbocycles. The van der Waals surface area contributed by atoms with Crippen LogP contribution in [0.5, 0.6) is 5.75 Å². The third kappa shape index (κ3) is 4.08. The van der Waals surface area contributed by atoms with Gasteiger partial charge in [0.25, 0.3) is 0 Å². The van der Waals surface area contributed by atoms with Crippen LogP contribution in [0.1, 0.15) is 50.0 Å². The molecule has 2 fully saturated rings. The maximum atomic E-state index is 12.3. The van der Waals surface area contributed by atoms with Crippen molar-refractivity contribution in [2.24, 2.45) is 0 Å². The minimum absolute atomic E-state index is 0.205. The number of carbonyl (C=O) groups is 2. The highest BCUT2D eigenvalue weighted by atomic mass is 16.3. The zero-order valence-corrected chi connectivity index (χ0v) is 14.1. The molecule has 0 saturated carbocycles. The number of nitrogens with zero attached hydrogens (tertiary/aromatic N) is 2. The van der Waals surface area contributed by atoms with E-state index in [-0.39, 0.29) is 11.8 Å². The molecule has 0 bridgehead atoms. The number of rotatable bonds is 5. The Bertz CT molecular complexity index is 594. The summed E-state index contributed by atoms with van der Waals surface area (Å²) >= 11 is 0. The van der Waals surface area contributed by atoms with Crippen molar-refractivity contribution < 1.29 is 14.7 Å². The third-order valence-electron chi connectivity index (χ3n) is 5.18. The second-order valence-corrected chi connectivity index (χ2v) is 6.84. The van der Waals surface area contributed by atoms with Gasteiger partial charge in [0.15, 0.2) is 0 Å². The summed E-state index contributed by atoms with van der Waals surface area (Å²) < 4.78 is 0. The Labute approximate surface area is 143 Å². The number of hydrogen-bond acceptors (Lipinski definition) is 3. The highest BCUT2D eigenvalue weighted by Crippen LogP contribution is 2.30. The van der Waals surface area contributed by atoms with Gasteiger partial charge in [0.05, 0.1) is 0 Å². The van der Waals surface area contributed by atoms with E-state index in [1.54, 1.807) is 6.07 Å². The van der Waals surface area contributed by atoms with Crippen LogP contribution in [0.4, 0.5) is 0 Å². The Hall–Kier alpha value is -2.04. The van der Waals surface area contributed by atoms with Crippen molar-refractivity contribution in [2.45, 2.75) is 44.4 Å². The average Bonchev–Trinajstić information content (AvgIpc) is 3.00. The number of piperidine rings is 1. The molecule has 24 heavy (non-hydrogen) atoms. The fourth-order valence-electron chi connectivity index (χ4n) is 3.76. The van der Waals surface area contributed by atoms with Crippen molar-refractivity contribution in [2.75, 3.05) is 26.2 Å². The van der Waals surface area contributed by atoms with E-state index in [0.717, 1.165) is 50.9 Å². The molecule has 0 aromatic heterocycles. The molecule has 0 spiro atoms. The third-order valence-corrected chi connectivity index (χ3v) is 5.18. The van der Waals surface area contributed by atoms with Crippen LogP contribution in [0, 0.1) is 0 Å². The van der Waals surface area contributed by atoms with Crippen LogP contribution < -0.4 is 0 Å². The van der Waals surface area contributed by atoms with Crippen LogP contribution in [-0.2, 0) is 9.59 Å². The first kappa shape index (κ1) is 16.8. The number of phenolic OH excluding ortho intramolecular Hbond substituents is 1. The summed E-state index contributed by atoms with van der Waals surface area (Å²) in [7, 11) is 0. The zero-order chi connectivity index (χ0) is 16.9. The molecule has 5 nitrogen and oxygen atoms in total. The van der Waals surface area contributed by atoms with Gasteiger partial charge in [0.1, 0.15) is 5.75 Å². The second-order valence-electron chi connectivity index (χ2n) is 6.84. The summed E-state index contributed by atoms with van der Waals surface area (Å²) in [5.41, 5.74) is 1.16. The maximum Gasteiger partial charge on any atom is 0.222 e. The van der Waals surface area contributed by atoms with Crippen molar-refractivity contribution in [1.82, 2.24) is 9.80 Å². The van der Waals surface area contributed by atoms with Gasteiger partial charge in [0.2, 0.25) is 11.8 Å². The van der Waals surface area contributed by atoms with Crippen LogP contribution >= 0.6 is 0 Å². The van der Waals surface area contributed by atoms with Crippen LogP contribution in [0.15, 0.2) is 24.3 Å². The van der Waals surface area contributed by atoms with Crippen LogP contribution in [-0.4, -0.2) is 52.9 Å². The molecule has 130 valence electrons. The monoisotopic (exact) mass is 330 g/mol. The van der Waals surface area contributed by atoms with E-state index < -0.39 is 0 Å². The first-order valence-electron chi connectivity index (χ1n) is 8.98. The van der Waals surface area contributed by atoms with Crippen molar-refractivity contribution >= 4 is 11.8 Å². The molecule has 2 aliphatic heterocycles. The molecule has 2 saturated heterocycles. The summed E-state index contributed by atoms with van der Waals surface area (Å²) in [4.78, 5) is 27.7. The average molecular weight is 330 g/mol. The number of amides is 2. The lowest BCUT2D eigenvalue weighted by atomic mass is 9.89. The summed E-state index contributed by atoms with van der Waals surface area (Å²) in [6.07, 6.45) is 4.79. The number of aromatic hydroxyl groups is 1. The molecule has 0 atom stereocenters. The van der Waals surface area contributed by atoms with Gasteiger partial charge in [-0.05, 0) is 49.3 Å². The van der Waals surface area contributed by atoms with E-state index >= 15 is 0 Å². The quantitative estimate of drug-likeness (QED) is 0.902. The van der Waals surface area contributed by atoms with E-state index in [9.17, 15) is 14.7 Å². The first-order valence-corrected chi connectivity index (χ1v) is 8.98. The Morgan fingerprint density at radius 2 is 2.00 bits per heavy atom. The zero-order valence-electron chi connectivity index (χ0n) is 14.1. The molecule has 5 heteroatoms. The Balaban J connectivity index is 1.41. The molecule has 0 aliphatic carbocycles. The van der Waals surface area contributed by atoms with Gasteiger partial charge in [0, 0.05) is 39.0 Å². The minimum atomic E-state index is 0.205. The van der Waals surface area contributed by atoms with E-state index in [0.29, 0.717) is 31.1 Å². The predicted octanol–water partition coefficient (Wildman–Crippen LogP) is 2.50. The summed E-state index contributed by atoms with van der Waals surface area (Å²) in [5, 5.41) is 9.60. The highest BCUT2D eigenvalue weighted by molar-refractivity contribution is 5.78. The smallest absolute Gasteiger partial charge is 0.222 e. The van der Waals surface area contributed by atoms with Crippen LogP contribution in [0.25, 0.3) is 0 Å². The fourth-order valence-corrected chi connectivity index (χ4v) is 3.76. The molecule has 1 aromatic rings. The number of likely N-dealkylation sites (tertiary alicyclic amines) is 2. The van der Waals surface area contributed by atoms with Crippen molar-refractivity contribution in [3.05, 3.63) is 29.8 Å². The van der Waals surface area contributed by atoms with Crippen LogP contribution in [0.2, 0.25) is 0 Å². The standard InChI is InChI=1S/C19H26N2O3/c22-17-5-1-4-16(14-17)15-8-12-21(13-9-15)19(24)7-3-11-20-10-2-6-18(20)23/h1,4-5,14-15,22H,2-3,6-13H2. The fraction of sp³-hybridized carbons (Fsp3) is 0.579. The van der Waals surface area contributed by atoms with Crippen molar-refractivity contribution in [1.29, 1.82) is 0 Å². The maximum absolute atomic E-state index is 12.3. The first-order chi connectivity index (χ1) is 11.6. The predicted molar refractivity (Wildman–Crippen MR) is 91.7 cm³/mol. The Kier molecular flexibility index (Phi) is 5.38. The van der Waals surface area contributed by atoms with Gasteiger partial charge in [-0.15, -0.1) is 0 Å². The summed E-state index contributed by atoms with van der Waals surface area (Å²) in [5.74, 6) is 1.16. The number of phenols is 1. The lowest BCUT2D eigenvalue weighted by Crippen LogP contribution is -2.38. The summed E-state index contributed by atoms with van der Waals surface area (Å²) in [6, 6.07) is 7.44. The lowest BCUT2D eigenvalue weighted by Gasteiger charge is -2.32. The van der Waals surface area contributed by atoms with Crippen molar-refractivity contribution in [3.8, 4) is 5.75 Å². The van der Waals surface area contributed by atoms with E-state index in [1.165, 1.54) is 0 Å². The van der Waals surface area contributed by atoms with Gasteiger partial charge in [-0.25, -0.2) is 0 Å². The molecule has 1 N–H and O–H groups in total. The second kappa shape index (κ2) is 7.69. The number of carbonyl (C=O) groups excluding carboxylic acids is 2.